The number of hydrogen-bond acceptors (Lipinski definition) is 6. The molecule has 1 amide bonds. The van der Waals surface area contributed by atoms with Gasteiger partial charge in [-0.3, -0.25) is 14.7 Å². The summed E-state index contributed by atoms with van der Waals surface area (Å²) in [5.41, 5.74) is 3.08. The molecule has 3 aromatic rings. The van der Waals surface area contributed by atoms with Gasteiger partial charge in [0, 0.05) is 49.9 Å². The molecule has 1 saturated heterocycles. The zero-order valence-corrected chi connectivity index (χ0v) is 21.1. The summed E-state index contributed by atoms with van der Waals surface area (Å²) >= 11 is 0. The van der Waals surface area contributed by atoms with Crippen LogP contribution in [0.4, 0.5) is 0 Å². The molecule has 186 valence electrons. The van der Waals surface area contributed by atoms with Crippen molar-refractivity contribution in [3.05, 3.63) is 65.9 Å². The number of aromatic nitrogens is 1. The zero-order chi connectivity index (χ0) is 24.8. The monoisotopic (exact) mass is 477 g/mol. The first-order valence-corrected chi connectivity index (χ1v) is 12.1. The standard InChI is InChI=1S/C28H35N3O4/c1-20(2)16-31(17-21-10-11-24-22(15-21)8-6-12-29-24)28(32)26-19-30(13-14-35-26)18-23-7-5-9-25(33-3)27(23)34-4/h5-12,15,20,26H,13-14,16-19H2,1-4H3/t26-/m1/s1. The molecule has 4 rings (SSSR count). The minimum atomic E-state index is -0.499. The fraction of sp³-hybridized carbons (Fsp3) is 0.429. The van der Waals surface area contributed by atoms with Crippen molar-refractivity contribution in [2.24, 2.45) is 5.92 Å². The fourth-order valence-electron chi connectivity index (χ4n) is 4.64. The van der Waals surface area contributed by atoms with Crippen LogP contribution in [0.3, 0.4) is 0 Å². The van der Waals surface area contributed by atoms with E-state index in [-0.39, 0.29) is 5.91 Å². The molecule has 0 spiro atoms. The van der Waals surface area contributed by atoms with Crippen molar-refractivity contribution in [1.82, 2.24) is 14.8 Å². The van der Waals surface area contributed by atoms with Gasteiger partial charge in [-0.2, -0.15) is 0 Å². The van der Waals surface area contributed by atoms with Gasteiger partial charge in [-0.15, -0.1) is 0 Å². The molecule has 1 aromatic heterocycles. The highest BCUT2D eigenvalue weighted by atomic mass is 16.5. The Kier molecular flexibility index (Phi) is 8.21. The first kappa shape index (κ1) is 24.9. The lowest BCUT2D eigenvalue weighted by Gasteiger charge is -2.36. The molecule has 0 unspecified atom stereocenters. The van der Waals surface area contributed by atoms with E-state index >= 15 is 0 Å². The molecule has 2 aromatic carbocycles. The first-order chi connectivity index (χ1) is 17.0. The third kappa shape index (κ3) is 6.10. The number of morpholine rings is 1. The Morgan fingerprint density at radius 1 is 1.17 bits per heavy atom. The third-order valence-corrected chi connectivity index (χ3v) is 6.24. The largest absolute Gasteiger partial charge is 0.493 e. The molecule has 1 aliphatic heterocycles. The number of rotatable bonds is 9. The Morgan fingerprint density at radius 2 is 2.03 bits per heavy atom. The predicted octanol–water partition coefficient (Wildman–Crippen LogP) is 4.14. The van der Waals surface area contributed by atoms with Crippen molar-refractivity contribution in [1.29, 1.82) is 0 Å². The van der Waals surface area contributed by atoms with E-state index in [4.69, 9.17) is 14.2 Å². The fourth-order valence-corrected chi connectivity index (χ4v) is 4.64. The van der Waals surface area contributed by atoms with E-state index in [0.717, 1.165) is 34.3 Å². The van der Waals surface area contributed by atoms with Crippen molar-refractivity contribution in [2.75, 3.05) is 40.5 Å². The van der Waals surface area contributed by atoms with Crippen LogP contribution in [-0.2, 0) is 22.6 Å². The van der Waals surface area contributed by atoms with Crippen LogP contribution in [-0.4, -0.2) is 67.3 Å². The molecule has 2 heterocycles. The summed E-state index contributed by atoms with van der Waals surface area (Å²) in [6.45, 7) is 7.96. The van der Waals surface area contributed by atoms with Gasteiger partial charge in [0.05, 0.1) is 26.3 Å². The molecule has 0 N–H and O–H groups in total. The summed E-state index contributed by atoms with van der Waals surface area (Å²) < 4.78 is 17.0. The third-order valence-electron chi connectivity index (χ3n) is 6.24. The van der Waals surface area contributed by atoms with Gasteiger partial charge in [-0.05, 0) is 35.7 Å². The van der Waals surface area contributed by atoms with Crippen LogP contribution >= 0.6 is 0 Å². The maximum absolute atomic E-state index is 13.6. The number of amides is 1. The van der Waals surface area contributed by atoms with E-state index in [1.165, 1.54) is 0 Å². The van der Waals surface area contributed by atoms with Crippen LogP contribution in [0.2, 0.25) is 0 Å². The summed E-state index contributed by atoms with van der Waals surface area (Å²) in [5, 5.41) is 1.08. The Labute approximate surface area is 207 Å². The quantitative estimate of drug-likeness (QED) is 0.462. The second-order valence-electron chi connectivity index (χ2n) is 9.39. The van der Waals surface area contributed by atoms with Crippen molar-refractivity contribution in [3.8, 4) is 11.5 Å². The lowest BCUT2D eigenvalue weighted by molar-refractivity contribution is -0.151. The Hall–Kier alpha value is -3.16. The van der Waals surface area contributed by atoms with Crippen molar-refractivity contribution >= 4 is 16.8 Å². The SMILES string of the molecule is COc1cccc(CN2CCO[C@@H](C(=O)N(Cc3ccc4ncccc4c3)CC(C)C)C2)c1OC. The van der Waals surface area contributed by atoms with Crippen molar-refractivity contribution in [3.63, 3.8) is 0 Å². The van der Waals surface area contributed by atoms with Crippen LogP contribution in [0, 0.1) is 5.92 Å². The Bertz CT molecular complexity index is 1150. The lowest BCUT2D eigenvalue weighted by atomic mass is 10.1. The summed E-state index contributed by atoms with van der Waals surface area (Å²) in [6, 6.07) is 16.1. The molecular weight excluding hydrogens is 442 g/mol. The highest BCUT2D eigenvalue weighted by Crippen LogP contribution is 2.32. The van der Waals surface area contributed by atoms with Gasteiger partial charge >= 0.3 is 0 Å². The predicted molar refractivity (Wildman–Crippen MR) is 137 cm³/mol. The van der Waals surface area contributed by atoms with Crippen LogP contribution in [0.15, 0.2) is 54.7 Å². The minimum absolute atomic E-state index is 0.0345. The maximum atomic E-state index is 13.6. The van der Waals surface area contributed by atoms with Crippen LogP contribution in [0.5, 0.6) is 11.5 Å². The molecule has 0 aliphatic carbocycles. The topological polar surface area (TPSA) is 64.1 Å². The van der Waals surface area contributed by atoms with Crippen LogP contribution in [0.25, 0.3) is 10.9 Å². The maximum Gasteiger partial charge on any atom is 0.253 e. The van der Waals surface area contributed by atoms with Gasteiger partial charge in [-0.25, -0.2) is 0 Å². The number of carbonyl (C=O) groups excluding carboxylic acids is 1. The van der Waals surface area contributed by atoms with E-state index in [0.29, 0.717) is 44.5 Å². The minimum Gasteiger partial charge on any atom is -0.493 e. The van der Waals surface area contributed by atoms with E-state index in [2.05, 4.69) is 41.9 Å². The van der Waals surface area contributed by atoms with Crippen molar-refractivity contribution < 1.29 is 19.0 Å². The van der Waals surface area contributed by atoms with Gasteiger partial charge in [0.2, 0.25) is 0 Å². The molecule has 35 heavy (non-hydrogen) atoms. The molecule has 0 radical (unpaired) electrons. The second kappa shape index (κ2) is 11.5. The molecule has 0 bridgehead atoms. The molecular formula is C28H35N3O4. The summed E-state index contributed by atoms with van der Waals surface area (Å²) in [6.07, 6.45) is 1.30. The number of pyridine rings is 1. The zero-order valence-electron chi connectivity index (χ0n) is 21.1. The van der Waals surface area contributed by atoms with E-state index in [1.807, 2.05) is 35.2 Å². The number of ether oxygens (including phenoxy) is 3. The number of methoxy groups -OCH3 is 2. The molecule has 1 aliphatic rings. The normalized spacial score (nSPS) is 16.4. The van der Waals surface area contributed by atoms with Gasteiger partial charge in [0.25, 0.3) is 5.91 Å². The molecule has 1 atom stereocenters. The van der Waals surface area contributed by atoms with Crippen LogP contribution < -0.4 is 9.47 Å². The number of carbonyl (C=O) groups is 1. The summed E-state index contributed by atoms with van der Waals surface area (Å²) in [5.74, 6) is 1.82. The van der Waals surface area contributed by atoms with Crippen molar-refractivity contribution in [2.45, 2.75) is 33.0 Å². The average molecular weight is 478 g/mol. The van der Waals surface area contributed by atoms with E-state index in [9.17, 15) is 4.79 Å². The first-order valence-electron chi connectivity index (χ1n) is 12.1. The van der Waals surface area contributed by atoms with Gasteiger partial charge < -0.3 is 19.1 Å². The molecule has 1 fully saturated rings. The number of benzene rings is 2. The number of nitrogens with zero attached hydrogens (tertiary/aromatic N) is 3. The summed E-state index contributed by atoms with van der Waals surface area (Å²) in [4.78, 5) is 22.2. The highest BCUT2D eigenvalue weighted by molar-refractivity contribution is 5.82. The number of para-hydroxylation sites is 1. The van der Waals surface area contributed by atoms with Crippen LogP contribution in [0.1, 0.15) is 25.0 Å². The van der Waals surface area contributed by atoms with Gasteiger partial charge in [0.1, 0.15) is 6.10 Å². The number of hydrogen-bond donors (Lipinski definition) is 0. The molecule has 7 heteroatoms. The van der Waals surface area contributed by atoms with E-state index in [1.54, 1.807) is 20.4 Å². The van der Waals surface area contributed by atoms with Gasteiger partial charge in [-0.1, -0.05) is 38.1 Å². The smallest absolute Gasteiger partial charge is 0.253 e. The molecule has 7 nitrogen and oxygen atoms in total. The highest BCUT2D eigenvalue weighted by Gasteiger charge is 2.31. The Morgan fingerprint density at radius 3 is 2.80 bits per heavy atom. The molecule has 0 saturated carbocycles. The average Bonchev–Trinajstić information content (AvgIpc) is 2.87. The van der Waals surface area contributed by atoms with Gasteiger partial charge in [0.15, 0.2) is 11.5 Å². The van der Waals surface area contributed by atoms with E-state index < -0.39 is 6.10 Å². The summed E-state index contributed by atoms with van der Waals surface area (Å²) in [7, 11) is 3.29. The number of fused-ring (bicyclic) bond motifs is 1. The lowest BCUT2D eigenvalue weighted by Crippen LogP contribution is -2.51. The Balaban J connectivity index is 1.48. The second-order valence-corrected chi connectivity index (χ2v) is 9.39.